The van der Waals surface area contributed by atoms with E-state index in [2.05, 4.69) is 10.3 Å². The van der Waals surface area contributed by atoms with Crippen molar-refractivity contribution in [1.29, 1.82) is 0 Å². The maximum Gasteiger partial charge on any atom is 0.204 e. The van der Waals surface area contributed by atoms with Gasteiger partial charge in [-0.05, 0) is 18.2 Å². The number of imidazole rings is 1. The maximum atomic E-state index is 13.1. The van der Waals surface area contributed by atoms with Gasteiger partial charge in [0, 0.05) is 21.1 Å². The van der Waals surface area contributed by atoms with Gasteiger partial charge in [-0.15, -0.1) is 0 Å². The molecule has 2 rings (SSSR count). The van der Waals surface area contributed by atoms with Crippen molar-refractivity contribution in [3.05, 3.63) is 40.9 Å². The van der Waals surface area contributed by atoms with Crippen LogP contribution >= 0.6 is 11.6 Å². The number of rotatable bonds is 4. The van der Waals surface area contributed by atoms with Gasteiger partial charge in [0.25, 0.3) is 0 Å². The molecule has 0 bridgehead atoms. The molecular formula is C13H16ClFN4. The molecule has 0 spiro atoms. The lowest BCUT2D eigenvalue weighted by Crippen LogP contribution is -2.15. The van der Waals surface area contributed by atoms with Gasteiger partial charge >= 0.3 is 0 Å². The summed E-state index contributed by atoms with van der Waals surface area (Å²) < 4.78 is 15.1. The topological polar surface area (TPSA) is 33.1 Å². The molecule has 2 aromatic rings. The van der Waals surface area contributed by atoms with Gasteiger partial charge in [0.2, 0.25) is 5.95 Å². The minimum Gasteiger partial charge on any atom is -0.378 e. The normalized spacial score (nSPS) is 10.6. The Labute approximate surface area is 116 Å². The number of halogens is 2. The lowest BCUT2D eigenvalue weighted by atomic mass is 10.3. The van der Waals surface area contributed by atoms with Crippen LogP contribution in [0.15, 0.2) is 24.4 Å². The summed E-state index contributed by atoms with van der Waals surface area (Å²) in [5.41, 5.74) is 1.57. The summed E-state index contributed by atoms with van der Waals surface area (Å²) >= 11 is 6.00. The summed E-state index contributed by atoms with van der Waals surface area (Å²) in [5, 5.41) is 3.61. The van der Waals surface area contributed by atoms with Crippen LogP contribution in [0.4, 0.5) is 16.0 Å². The number of benzene rings is 1. The van der Waals surface area contributed by atoms with Crippen molar-refractivity contribution in [2.75, 3.05) is 24.3 Å². The molecular weight excluding hydrogens is 267 g/mol. The van der Waals surface area contributed by atoms with Gasteiger partial charge in [0.1, 0.15) is 5.82 Å². The molecule has 6 heteroatoms. The van der Waals surface area contributed by atoms with Crippen molar-refractivity contribution >= 4 is 23.2 Å². The van der Waals surface area contributed by atoms with Crippen molar-refractivity contribution in [2.45, 2.75) is 6.54 Å². The van der Waals surface area contributed by atoms with Crippen molar-refractivity contribution < 1.29 is 4.39 Å². The first-order valence-electron chi connectivity index (χ1n) is 5.86. The summed E-state index contributed by atoms with van der Waals surface area (Å²) in [7, 11) is 5.80. The Morgan fingerprint density at radius 1 is 1.42 bits per heavy atom. The summed E-state index contributed by atoms with van der Waals surface area (Å²) in [5.74, 6) is 0.549. The van der Waals surface area contributed by atoms with Gasteiger partial charge < -0.3 is 14.8 Å². The first-order valence-corrected chi connectivity index (χ1v) is 6.23. The Morgan fingerprint density at radius 3 is 2.79 bits per heavy atom. The number of aromatic nitrogens is 2. The number of hydrogen-bond acceptors (Lipinski definition) is 3. The third-order valence-electron chi connectivity index (χ3n) is 2.85. The van der Waals surface area contributed by atoms with Gasteiger partial charge in [0.15, 0.2) is 0 Å². The average molecular weight is 283 g/mol. The molecule has 0 fully saturated rings. The largest absolute Gasteiger partial charge is 0.378 e. The standard InChI is InChI=1S/C13H16ClFN4/c1-18(2)13-17-8-10(19(13)3)7-16-12-6-9(15)4-5-11(12)14/h4-6,8,16H,7H2,1-3H3. The van der Waals surface area contributed by atoms with E-state index >= 15 is 0 Å². The second kappa shape index (κ2) is 5.48. The Balaban J connectivity index is 2.12. The summed E-state index contributed by atoms with van der Waals surface area (Å²) in [4.78, 5) is 6.24. The predicted octanol–water partition coefficient (Wildman–Crippen LogP) is 2.89. The Bertz CT molecular complexity index is 580. The lowest BCUT2D eigenvalue weighted by molar-refractivity contribution is 0.628. The van der Waals surface area contributed by atoms with Crippen LogP contribution in [0.2, 0.25) is 5.02 Å². The SMILES string of the molecule is CN(C)c1ncc(CNc2cc(F)ccc2Cl)n1C. The molecule has 19 heavy (non-hydrogen) atoms. The zero-order chi connectivity index (χ0) is 14.0. The molecule has 0 aliphatic rings. The Kier molecular flexibility index (Phi) is 3.95. The van der Waals surface area contributed by atoms with Crippen LogP contribution in [0.5, 0.6) is 0 Å². The van der Waals surface area contributed by atoms with Gasteiger partial charge in [0.05, 0.1) is 29.1 Å². The van der Waals surface area contributed by atoms with E-state index in [1.165, 1.54) is 18.2 Å². The number of hydrogen-bond donors (Lipinski definition) is 1. The van der Waals surface area contributed by atoms with Crippen LogP contribution in [0, 0.1) is 5.82 Å². The number of anilines is 2. The molecule has 0 saturated heterocycles. The highest BCUT2D eigenvalue weighted by atomic mass is 35.5. The molecule has 1 aromatic carbocycles. The highest BCUT2D eigenvalue weighted by Gasteiger charge is 2.08. The van der Waals surface area contributed by atoms with Crippen LogP contribution in [0.3, 0.4) is 0 Å². The smallest absolute Gasteiger partial charge is 0.204 e. The van der Waals surface area contributed by atoms with E-state index in [0.717, 1.165) is 11.6 Å². The van der Waals surface area contributed by atoms with Crippen molar-refractivity contribution in [2.24, 2.45) is 7.05 Å². The van der Waals surface area contributed by atoms with Crippen molar-refractivity contribution in [3.8, 4) is 0 Å². The highest BCUT2D eigenvalue weighted by Crippen LogP contribution is 2.23. The molecule has 1 aromatic heterocycles. The van der Waals surface area contributed by atoms with E-state index in [1.807, 2.05) is 30.6 Å². The van der Waals surface area contributed by atoms with Crippen LogP contribution < -0.4 is 10.2 Å². The number of nitrogens with one attached hydrogen (secondary N) is 1. The molecule has 0 aliphatic carbocycles. The molecule has 4 nitrogen and oxygen atoms in total. The first-order chi connectivity index (χ1) is 8.99. The van der Waals surface area contributed by atoms with Crippen LogP contribution in [-0.4, -0.2) is 23.6 Å². The Morgan fingerprint density at radius 2 is 2.16 bits per heavy atom. The molecule has 1 N–H and O–H groups in total. The minimum atomic E-state index is -0.314. The van der Waals surface area contributed by atoms with Gasteiger partial charge in [-0.2, -0.15) is 0 Å². The molecule has 0 unspecified atom stereocenters. The van der Waals surface area contributed by atoms with Gasteiger partial charge in [-0.1, -0.05) is 11.6 Å². The van der Waals surface area contributed by atoms with E-state index < -0.39 is 0 Å². The summed E-state index contributed by atoms with van der Waals surface area (Å²) in [6.07, 6.45) is 1.79. The zero-order valence-electron chi connectivity index (χ0n) is 11.1. The quantitative estimate of drug-likeness (QED) is 0.936. The van der Waals surface area contributed by atoms with E-state index in [0.29, 0.717) is 17.3 Å². The minimum absolute atomic E-state index is 0.314. The van der Waals surface area contributed by atoms with Crippen LogP contribution in [0.25, 0.3) is 0 Å². The molecule has 0 atom stereocenters. The van der Waals surface area contributed by atoms with E-state index in [9.17, 15) is 4.39 Å². The fourth-order valence-corrected chi connectivity index (χ4v) is 2.02. The van der Waals surface area contributed by atoms with E-state index in [-0.39, 0.29) is 5.82 Å². The van der Waals surface area contributed by atoms with E-state index in [1.54, 1.807) is 6.20 Å². The summed E-state index contributed by atoms with van der Waals surface area (Å²) in [6, 6.07) is 4.25. The molecule has 0 aliphatic heterocycles. The fourth-order valence-electron chi connectivity index (χ4n) is 1.83. The highest BCUT2D eigenvalue weighted by molar-refractivity contribution is 6.33. The van der Waals surface area contributed by atoms with Crippen LogP contribution in [-0.2, 0) is 13.6 Å². The molecule has 0 amide bonds. The Hall–Kier alpha value is -1.75. The lowest BCUT2D eigenvalue weighted by Gasteiger charge is -2.13. The second-order valence-electron chi connectivity index (χ2n) is 4.48. The average Bonchev–Trinajstić information content (AvgIpc) is 2.72. The zero-order valence-corrected chi connectivity index (χ0v) is 11.9. The molecule has 0 saturated carbocycles. The third kappa shape index (κ3) is 2.98. The second-order valence-corrected chi connectivity index (χ2v) is 4.89. The van der Waals surface area contributed by atoms with Gasteiger partial charge in [-0.25, -0.2) is 9.37 Å². The maximum absolute atomic E-state index is 13.1. The third-order valence-corrected chi connectivity index (χ3v) is 3.18. The number of nitrogens with zero attached hydrogens (tertiary/aromatic N) is 3. The van der Waals surface area contributed by atoms with Gasteiger partial charge in [-0.3, -0.25) is 0 Å². The monoisotopic (exact) mass is 282 g/mol. The molecule has 0 radical (unpaired) electrons. The fraction of sp³-hybridized carbons (Fsp3) is 0.308. The molecule has 1 heterocycles. The molecule has 102 valence electrons. The van der Waals surface area contributed by atoms with Crippen molar-refractivity contribution in [1.82, 2.24) is 9.55 Å². The predicted molar refractivity (Wildman–Crippen MR) is 76.3 cm³/mol. The summed E-state index contributed by atoms with van der Waals surface area (Å²) in [6.45, 7) is 0.528. The van der Waals surface area contributed by atoms with Crippen molar-refractivity contribution in [3.63, 3.8) is 0 Å². The van der Waals surface area contributed by atoms with Crippen LogP contribution in [0.1, 0.15) is 5.69 Å². The first kappa shape index (κ1) is 13.7. The van der Waals surface area contributed by atoms with E-state index in [4.69, 9.17) is 11.6 Å².